The average Bonchev–Trinajstić information content (AvgIpc) is 2.91. The monoisotopic (exact) mass is 300 g/mol. The first-order valence-electron chi connectivity index (χ1n) is 6.76. The first kappa shape index (κ1) is 13.9. The quantitative estimate of drug-likeness (QED) is 0.693. The number of aromatic hydroxyl groups is 1. The number of nitrogens with one attached hydrogen (secondary N) is 2. The van der Waals surface area contributed by atoms with Crippen LogP contribution in [0, 0.1) is 0 Å². The lowest BCUT2D eigenvalue weighted by atomic mass is 10.0. The van der Waals surface area contributed by atoms with Crippen LogP contribution in [0.4, 0.5) is 0 Å². The van der Waals surface area contributed by atoms with Crippen molar-refractivity contribution in [3.05, 3.63) is 62.7 Å². The third-order valence-corrected chi connectivity index (χ3v) is 4.29. The Kier molecular flexibility index (Phi) is 3.77. The molecule has 0 aliphatic carbocycles. The van der Waals surface area contributed by atoms with E-state index in [0.29, 0.717) is 12.3 Å². The molecule has 1 atom stereocenters. The summed E-state index contributed by atoms with van der Waals surface area (Å²) in [5.74, 6) is 0.312. The molecule has 0 spiro atoms. The van der Waals surface area contributed by atoms with Crippen LogP contribution in [-0.2, 0) is 6.54 Å². The lowest BCUT2D eigenvalue weighted by molar-refractivity contribution is 0.458. The van der Waals surface area contributed by atoms with Crippen molar-refractivity contribution in [1.82, 2.24) is 10.3 Å². The smallest absolute Gasteiger partial charge is 0.304 e. The molecule has 1 heterocycles. The minimum Gasteiger partial charge on any atom is -0.507 e. The zero-order chi connectivity index (χ0) is 14.8. The third-order valence-electron chi connectivity index (χ3n) is 3.57. The number of hydrogen-bond acceptors (Lipinski definition) is 4. The highest BCUT2D eigenvalue weighted by molar-refractivity contribution is 7.07. The van der Waals surface area contributed by atoms with Crippen LogP contribution in [0.5, 0.6) is 5.75 Å². The molecule has 4 nitrogen and oxygen atoms in total. The van der Waals surface area contributed by atoms with Gasteiger partial charge in [-0.1, -0.05) is 47.7 Å². The van der Waals surface area contributed by atoms with Crippen molar-refractivity contribution in [2.45, 2.75) is 19.5 Å². The van der Waals surface area contributed by atoms with Gasteiger partial charge in [-0.25, -0.2) is 0 Å². The normalized spacial score (nSPS) is 12.6. The predicted octanol–water partition coefficient (Wildman–Crippen LogP) is 3.15. The number of H-pyrrole nitrogens is 1. The van der Waals surface area contributed by atoms with E-state index in [1.165, 1.54) is 0 Å². The number of fused-ring (bicyclic) bond motifs is 1. The van der Waals surface area contributed by atoms with Gasteiger partial charge in [-0.2, -0.15) is 0 Å². The van der Waals surface area contributed by atoms with Crippen LogP contribution < -0.4 is 10.2 Å². The topological polar surface area (TPSA) is 65.1 Å². The molecule has 0 bridgehead atoms. The van der Waals surface area contributed by atoms with Gasteiger partial charge in [0.05, 0.1) is 0 Å². The van der Waals surface area contributed by atoms with Gasteiger partial charge in [0.15, 0.2) is 0 Å². The molecule has 2 aromatic carbocycles. The van der Waals surface area contributed by atoms with E-state index in [2.05, 4.69) is 10.3 Å². The van der Waals surface area contributed by atoms with Crippen molar-refractivity contribution in [1.29, 1.82) is 0 Å². The fourth-order valence-electron chi connectivity index (χ4n) is 2.39. The highest BCUT2D eigenvalue weighted by Crippen LogP contribution is 2.32. The van der Waals surface area contributed by atoms with Gasteiger partial charge in [0, 0.05) is 34.6 Å². The molecule has 0 fully saturated rings. The Morgan fingerprint density at radius 3 is 2.86 bits per heavy atom. The summed E-state index contributed by atoms with van der Waals surface area (Å²) in [7, 11) is 0. The molecule has 1 unspecified atom stereocenters. The maximum absolute atomic E-state index is 11.1. The van der Waals surface area contributed by atoms with E-state index in [1.54, 1.807) is 0 Å². The van der Waals surface area contributed by atoms with Gasteiger partial charge in [0.2, 0.25) is 0 Å². The second-order valence-corrected chi connectivity index (χ2v) is 5.84. The number of aromatic amines is 1. The number of aromatic nitrogens is 1. The summed E-state index contributed by atoms with van der Waals surface area (Å²) >= 11 is 1.16. The summed E-state index contributed by atoms with van der Waals surface area (Å²) in [5.41, 5.74) is 1.71. The Balaban J connectivity index is 1.82. The largest absolute Gasteiger partial charge is 0.507 e. The van der Waals surface area contributed by atoms with E-state index in [1.807, 2.05) is 48.7 Å². The molecule has 1 aromatic heterocycles. The molecular weight excluding hydrogens is 284 g/mol. The Hall–Kier alpha value is -2.11. The molecule has 0 saturated carbocycles. The van der Waals surface area contributed by atoms with Crippen LogP contribution in [-0.4, -0.2) is 10.1 Å². The van der Waals surface area contributed by atoms with Crippen molar-refractivity contribution >= 4 is 22.1 Å². The van der Waals surface area contributed by atoms with Crippen molar-refractivity contribution < 1.29 is 5.11 Å². The number of hydrogen-bond donors (Lipinski definition) is 3. The Bertz CT molecular complexity index is 822. The van der Waals surface area contributed by atoms with Gasteiger partial charge in [-0.05, 0) is 12.3 Å². The van der Waals surface area contributed by atoms with Crippen molar-refractivity contribution in [2.24, 2.45) is 0 Å². The Labute approximate surface area is 126 Å². The number of phenols is 1. The number of thiazole rings is 1. The number of benzene rings is 2. The zero-order valence-corrected chi connectivity index (χ0v) is 12.4. The second-order valence-electron chi connectivity index (χ2n) is 5.00. The average molecular weight is 300 g/mol. The first-order chi connectivity index (χ1) is 10.1. The van der Waals surface area contributed by atoms with Crippen LogP contribution in [0.15, 0.2) is 46.6 Å². The fraction of sp³-hybridized carbons (Fsp3) is 0.188. The maximum Gasteiger partial charge on any atom is 0.304 e. The highest BCUT2D eigenvalue weighted by Gasteiger charge is 2.12. The van der Waals surface area contributed by atoms with Crippen LogP contribution in [0.2, 0.25) is 0 Å². The van der Waals surface area contributed by atoms with E-state index in [-0.39, 0.29) is 10.9 Å². The van der Waals surface area contributed by atoms with E-state index in [0.717, 1.165) is 33.4 Å². The predicted molar refractivity (Wildman–Crippen MR) is 85.8 cm³/mol. The molecule has 3 aromatic rings. The summed E-state index contributed by atoms with van der Waals surface area (Å²) in [6.07, 6.45) is 0. The molecule has 108 valence electrons. The molecule has 0 aliphatic heterocycles. The number of rotatable bonds is 4. The van der Waals surface area contributed by atoms with Gasteiger partial charge in [0.1, 0.15) is 5.75 Å². The Morgan fingerprint density at radius 2 is 2.10 bits per heavy atom. The van der Waals surface area contributed by atoms with Gasteiger partial charge in [-0.15, -0.1) is 0 Å². The lowest BCUT2D eigenvalue weighted by Gasteiger charge is -2.16. The molecule has 0 radical (unpaired) electrons. The molecular formula is C16H16N2O2S. The molecule has 3 N–H and O–H groups in total. The van der Waals surface area contributed by atoms with E-state index >= 15 is 0 Å². The van der Waals surface area contributed by atoms with E-state index < -0.39 is 0 Å². The van der Waals surface area contributed by atoms with Gasteiger partial charge in [0.25, 0.3) is 0 Å². The lowest BCUT2D eigenvalue weighted by Crippen LogP contribution is -2.19. The minimum atomic E-state index is -0.0481. The summed E-state index contributed by atoms with van der Waals surface area (Å²) in [6, 6.07) is 11.7. The maximum atomic E-state index is 11.1. The van der Waals surface area contributed by atoms with Crippen LogP contribution in [0.25, 0.3) is 10.8 Å². The van der Waals surface area contributed by atoms with Crippen LogP contribution in [0.3, 0.4) is 0 Å². The van der Waals surface area contributed by atoms with Crippen LogP contribution in [0.1, 0.15) is 24.2 Å². The fourth-order valence-corrected chi connectivity index (χ4v) is 2.98. The Morgan fingerprint density at radius 1 is 1.29 bits per heavy atom. The minimum absolute atomic E-state index is 0.0157. The van der Waals surface area contributed by atoms with Crippen molar-refractivity contribution in [3.63, 3.8) is 0 Å². The molecule has 21 heavy (non-hydrogen) atoms. The summed E-state index contributed by atoms with van der Waals surface area (Å²) < 4.78 is 0. The van der Waals surface area contributed by atoms with Crippen molar-refractivity contribution in [3.8, 4) is 5.75 Å². The highest BCUT2D eigenvalue weighted by atomic mass is 32.1. The summed E-state index contributed by atoms with van der Waals surface area (Å²) in [5, 5.41) is 17.4. The SMILES string of the molecule is CC(NCc1csc(=O)[nH]1)c1ccc2ccccc2c1O. The van der Waals surface area contributed by atoms with E-state index in [4.69, 9.17) is 0 Å². The molecule has 0 saturated heterocycles. The second kappa shape index (κ2) is 5.71. The van der Waals surface area contributed by atoms with Crippen LogP contribution >= 0.6 is 11.3 Å². The summed E-state index contributed by atoms with van der Waals surface area (Å²) in [4.78, 5) is 13.8. The first-order valence-corrected chi connectivity index (χ1v) is 7.64. The number of phenolic OH excluding ortho intramolecular Hbond substituents is 1. The summed E-state index contributed by atoms with van der Waals surface area (Å²) in [6.45, 7) is 2.56. The van der Waals surface area contributed by atoms with Gasteiger partial charge >= 0.3 is 4.87 Å². The van der Waals surface area contributed by atoms with Gasteiger partial charge in [-0.3, -0.25) is 4.79 Å². The zero-order valence-electron chi connectivity index (χ0n) is 11.6. The van der Waals surface area contributed by atoms with E-state index in [9.17, 15) is 9.90 Å². The molecule has 0 aliphatic rings. The molecule has 5 heteroatoms. The van der Waals surface area contributed by atoms with Gasteiger partial charge < -0.3 is 15.4 Å². The molecule has 0 amide bonds. The standard InChI is InChI=1S/C16H16N2O2S/c1-10(17-8-12-9-21-16(20)18-12)13-7-6-11-4-2-3-5-14(11)15(13)19/h2-7,9-10,17,19H,8H2,1H3,(H,18,20). The van der Waals surface area contributed by atoms with Crippen molar-refractivity contribution in [2.75, 3.05) is 0 Å². The molecule has 3 rings (SSSR count). The third kappa shape index (κ3) is 2.84.